The average molecular weight is 237 g/mol. The average Bonchev–Trinajstić information content (AvgIpc) is 2.21. The lowest BCUT2D eigenvalue weighted by molar-refractivity contribution is 0.427. The minimum absolute atomic E-state index is 0.170. The Morgan fingerprint density at radius 2 is 1.81 bits per heavy atom. The maximum atomic E-state index is 5.88. The fourth-order valence-corrected chi connectivity index (χ4v) is 2.00. The molecular weight excluding hydrogens is 216 g/mol. The van der Waals surface area contributed by atoms with Crippen LogP contribution in [0.2, 0.25) is 5.02 Å². The quantitative estimate of drug-likeness (QED) is 0.612. The van der Waals surface area contributed by atoms with Crippen molar-refractivity contribution in [2.45, 2.75) is 40.0 Å². The van der Waals surface area contributed by atoms with Gasteiger partial charge in [0, 0.05) is 5.02 Å². The number of benzene rings is 1. The second kappa shape index (κ2) is 5.54. The normalized spacial score (nSPS) is 11.5. The van der Waals surface area contributed by atoms with E-state index in [-0.39, 0.29) is 5.41 Å². The van der Waals surface area contributed by atoms with Crippen molar-refractivity contribution in [2.24, 2.45) is 5.41 Å². The smallest absolute Gasteiger partial charge is 0.0406 e. The summed E-state index contributed by atoms with van der Waals surface area (Å²) in [6.07, 6.45) is 3.31. The summed E-state index contributed by atoms with van der Waals surface area (Å²) in [5.41, 5.74) is 2.83. The molecule has 0 bridgehead atoms. The molecule has 0 aliphatic rings. The van der Waals surface area contributed by atoms with Crippen molar-refractivity contribution < 1.29 is 0 Å². The Balaban J connectivity index is 2.72. The summed E-state index contributed by atoms with van der Waals surface area (Å²) in [5.74, 6) is 0. The van der Waals surface area contributed by atoms with Crippen LogP contribution in [0, 0.1) is 5.41 Å². The lowest BCUT2D eigenvalue weighted by Crippen LogP contribution is -2.17. The highest BCUT2D eigenvalue weighted by atomic mass is 35.5. The summed E-state index contributed by atoms with van der Waals surface area (Å²) >= 11 is 5.88. The molecule has 0 radical (unpaired) electrons. The molecule has 0 unspecified atom stereocenters. The molecule has 0 aliphatic heterocycles. The Bertz CT molecular complexity index is 346. The first-order valence-corrected chi connectivity index (χ1v) is 6.26. The van der Waals surface area contributed by atoms with Gasteiger partial charge in [-0.3, -0.25) is 0 Å². The van der Waals surface area contributed by atoms with Gasteiger partial charge in [-0.1, -0.05) is 63.1 Å². The van der Waals surface area contributed by atoms with E-state index in [0.717, 1.165) is 17.9 Å². The van der Waals surface area contributed by atoms with E-state index in [9.17, 15) is 0 Å². The summed E-state index contributed by atoms with van der Waals surface area (Å²) in [6.45, 7) is 10.9. The molecule has 0 saturated carbocycles. The van der Waals surface area contributed by atoms with Crippen molar-refractivity contribution in [3.63, 3.8) is 0 Å². The first-order chi connectivity index (χ1) is 7.45. The molecule has 0 aliphatic carbocycles. The Morgan fingerprint density at radius 3 is 2.31 bits per heavy atom. The van der Waals surface area contributed by atoms with Gasteiger partial charge in [-0.2, -0.15) is 0 Å². The van der Waals surface area contributed by atoms with E-state index in [4.69, 9.17) is 11.6 Å². The summed E-state index contributed by atoms with van der Waals surface area (Å²) in [6, 6.07) is 8.11. The van der Waals surface area contributed by atoms with Crippen molar-refractivity contribution in [1.82, 2.24) is 0 Å². The molecule has 88 valence electrons. The Kier molecular flexibility index (Phi) is 4.61. The lowest BCUT2D eigenvalue weighted by atomic mass is 9.78. The Hall–Kier alpha value is -0.750. The molecular formula is C15H21Cl. The van der Waals surface area contributed by atoms with Crippen molar-refractivity contribution >= 4 is 11.6 Å². The second-order valence-electron chi connectivity index (χ2n) is 5.04. The van der Waals surface area contributed by atoms with Crippen LogP contribution in [0.25, 0.3) is 0 Å². The van der Waals surface area contributed by atoms with Crippen LogP contribution in [-0.2, 0) is 6.42 Å². The monoisotopic (exact) mass is 236 g/mol. The van der Waals surface area contributed by atoms with Crippen molar-refractivity contribution in [3.8, 4) is 0 Å². The van der Waals surface area contributed by atoms with Crippen LogP contribution in [0.3, 0.4) is 0 Å². The van der Waals surface area contributed by atoms with Gasteiger partial charge in [0.25, 0.3) is 0 Å². The highest BCUT2D eigenvalue weighted by Gasteiger charge is 2.21. The topological polar surface area (TPSA) is 0 Å². The summed E-state index contributed by atoms with van der Waals surface area (Å²) in [7, 11) is 0. The van der Waals surface area contributed by atoms with E-state index in [0.29, 0.717) is 0 Å². The molecule has 0 atom stereocenters. The fourth-order valence-electron chi connectivity index (χ4n) is 1.88. The first kappa shape index (κ1) is 13.3. The largest absolute Gasteiger partial charge is 0.0993 e. The van der Waals surface area contributed by atoms with E-state index in [1.54, 1.807) is 0 Å². The maximum absolute atomic E-state index is 5.88. The van der Waals surface area contributed by atoms with E-state index in [2.05, 4.69) is 39.5 Å². The zero-order valence-electron chi connectivity index (χ0n) is 10.5. The van der Waals surface area contributed by atoms with E-state index < -0.39 is 0 Å². The van der Waals surface area contributed by atoms with Gasteiger partial charge < -0.3 is 0 Å². The number of allylic oxidation sites excluding steroid dienone is 1. The predicted octanol–water partition coefficient (Wildman–Crippen LogP) is 5.27. The minimum atomic E-state index is 0.170. The molecule has 1 rings (SSSR count). The van der Waals surface area contributed by atoms with Crippen LogP contribution in [-0.4, -0.2) is 0 Å². The number of hydrogen-bond donors (Lipinski definition) is 0. The highest BCUT2D eigenvalue weighted by Crippen LogP contribution is 2.32. The standard InChI is InChI=1S/C15H21Cl/c1-5-6-12(2)15(3,4)11-13-7-9-14(16)10-8-13/h7-10H,2,5-6,11H2,1,3-4H3. The Morgan fingerprint density at radius 1 is 1.25 bits per heavy atom. The van der Waals surface area contributed by atoms with Gasteiger partial charge in [-0.25, -0.2) is 0 Å². The van der Waals surface area contributed by atoms with Gasteiger partial charge in [0.15, 0.2) is 0 Å². The van der Waals surface area contributed by atoms with Crippen LogP contribution in [0.1, 0.15) is 39.2 Å². The van der Waals surface area contributed by atoms with Crippen LogP contribution in [0.15, 0.2) is 36.4 Å². The molecule has 0 fully saturated rings. The summed E-state index contributed by atoms with van der Waals surface area (Å²) in [5, 5.41) is 0.800. The third kappa shape index (κ3) is 3.68. The van der Waals surface area contributed by atoms with Crippen molar-refractivity contribution in [1.29, 1.82) is 0 Å². The Labute approximate surface area is 104 Å². The third-order valence-electron chi connectivity index (χ3n) is 3.07. The molecule has 0 aromatic heterocycles. The fraction of sp³-hybridized carbons (Fsp3) is 0.467. The van der Waals surface area contributed by atoms with Gasteiger partial charge in [0.05, 0.1) is 0 Å². The highest BCUT2D eigenvalue weighted by molar-refractivity contribution is 6.30. The maximum Gasteiger partial charge on any atom is 0.0406 e. The van der Waals surface area contributed by atoms with Gasteiger partial charge in [0.2, 0.25) is 0 Å². The zero-order chi connectivity index (χ0) is 12.2. The number of rotatable bonds is 5. The summed E-state index contributed by atoms with van der Waals surface area (Å²) < 4.78 is 0. The summed E-state index contributed by atoms with van der Waals surface area (Å²) in [4.78, 5) is 0. The van der Waals surface area contributed by atoms with E-state index in [1.807, 2.05) is 12.1 Å². The molecule has 16 heavy (non-hydrogen) atoms. The number of hydrogen-bond acceptors (Lipinski definition) is 0. The first-order valence-electron chi connectivity index (χ1n) is 5.88. The molecule has 0 N–H and O–H groups in total. The molecule has 0 saturated heterocycles. The van der Waals surface area contributed by atoms with Gasteiger partial charge in [-0.15, -0.1) is 0 Å². The van der Waals surface area contributed by atoms with Gasteiger partial charge >= 0.3 is 0 Å². The molecule has 0 amide bonds. The van der Waals surface area contributed by atoms with E-state index in [1.165, 1.54) is 17.6 Å². The van der Waals surface area contributed by atoms with Crippen LogP contribution in [0.4, 0.5) is 0 Å². The van der Waals surface area contributed by atoms with Gasteiger partial charge in [-0.05, 0) is 36.0 Å². The molecule has 0 nitrogen and oxygen atoms in total. The second-order valence-corrected chi connectivity index (χ2v) is 5.48. The minimum Gasteiger partial charge on any atom is -0.0993 e. The van der Waals surface area contributed by atoms with Crippen molar-refractivity contribution in [3.05, 3.63) is 47.0 Å². The van der Waals surface area contributed by atoms with Crippen LogP contribution < -0.4 is 0 Å². The molecule has 0 spiro atoms. The third-order valence-corrected chi connectivity index (χ3v) is 3.32. The molecule has 1 aromatic carbocycles. The zero-order valence-corrected chi connectivity index (χ0v) is 11.3. The molecule has 1 aromatic rings. The van der Waals surface area contributed by atoms with Crippen molar-refractivity contribution in [2.75, 3.05) is 0 Å². The van der Waals surface area contributed by atoms with E-state index >= 15 is 0 Å². The molecule has 0 heterocycles. The molecule has 1 heteroatoms. The van der Waals surface area contributed by atoms with Crippen LogP contribution >= 0.6 is 11.6 Å². The lowest BCUT2D eigenvalue weighted by Gasteiger charge is -2.27. The predicted molar refractivity (Wildman–Crippen MR) is 73.0 cm³/mol. The SMILES string of the molecule is C=C(CCC)C(C)(C)Cc1ccc(Cl)cc1. The van der Waals surface area contributed by atoms with Gasteiger partial charge in [0.1, 0.15) is 0 Å². The van der Waals surface area contributed by atoms with Crippen LogP contribution in [0.5, 0.6) is 0 Å². The number of halogens is 1.